The smallest absolute Gasteiger partial charge is 0.310 e. The highest BCUT2D eigenvalue weighted by Gasteiger charge is 2.36. The van der Waals surface area contributed by atoms with Gasteiger partial charge in [0.15, 0.2) is 0 Å². The molecule has 11 heteroatoms. The van der Waals surface area contributed by atoms with Crippen LogP contribution in [0.1, 0.15) is 21.6 Å². The molecule has 4 heterocycles. The fourth-order valence-corrected chi connectivity index (χ4v) is 3.78. The molecule has 0 spiro atoms. The van der Waals surface area contributed by atoms with Crippen LogP contribution in [-0.4, -0.2) is 30.2 Å². The van der Waals surface area contributed by atoms with Crippen LogP contribution in [0.15, 0.2) is 102 Å². The predicted molar refractivity (Wildman–Crippen MR) is 134 cm³/mol. The first-order chi connectivity index (χ1) is 18.3. The van der Waals surface area contributed by atoms with Crippen LogP contribution in [0.25, 0.3) is 16.9 Å². The van der Waals surface area contributed by atoms with Gasteiger partial charge in [-0.25, -0.2) is 9.67 Å². The van der Waals surface area contributed by atoms with Crippen LogP contribution in [0, 0.1) is 0 Å². The summed E-state index contributed by atoms with van der Waals surface area (Å²) in [6.45, 7) is 0.292. The number of aromatic nitrogens is 5. The predicted octanol–water partition coefficient (Wildman–Crippen LogP) is 4.81. The Bertz CT molecular complexity index is 1630. The molecule has 1 aromatic carbocycles. The normalized spacial score (nSPS) is 11.3. The topological polar surface area (TPSA) is 94.7 Å². The summed E-state index contributed by atoms with van der Waals surface area (Å²) in [5.41, 5.74) is 0.471. The zero-order valence-corrected chi connectivity index (χ0v) is 19.6. The van der Waals surface area contributed by atoms with Crippen molar-refractivity contribution >= 4 is 11.7 Å². The quantitative estimate of drug-likeness (QED) is 0.350. The van der Waals surface area contributed by atoms with Crippen molar-refractivity contribution in [1.82, 2.24) is 24.3 Å². The first kappa shape index (κ1) is 24.6. The number of nitrogens with zero attached hydrogens (tertiary/aromatic N) is 5. The van der Waals surface area contributed by atoms with Crippen molar-refractivity contribution in [2.45, 2.75) is 12.7 Å². The molecule has 0 bridgehead atoms. The second-order valence-corrected chi connectivity index (χ2v) is 8.29. The molecule has 190 valence electrons. The van der Waals surface area contributed by atoms with Crippen molar-refractivity contribution in [2.75, 3.05) is 5.32 Å². The molecule has 0 saturated carbocycles. The number of hydrogen-bond donors (Lipinski definition) is 1. The molecule has 0 unspecified atom stereocenters. The van der Waals surface area contributed by atoms with Gasteiger partial charge in [0.25, 0.3) is 11.5 Å². The minimum Gasteiger partial charge on any atom is -0.310 e. The Hall–Kier alpha value is -5.06. The summed E-state index contributed by atoms with van der Waals surface area (Å²) in [7, 11) is 0. The van der Waals surface area contributed by atoms with Crippen molar-refractivity contribution < 1.29 is 18.0 Å². The maximum atomic E-state index is 13.7. The molecular formula is C27H19F3N6O2. The van der Waals surface area contributed by atoms with E-state index in [0.717, 1.165) is 16.3 Å². The van der Waals surface area contributed by atoms with Crippen molar-refractivity contribution in [3.05, 3.63) is 125 Å². The van der Waals surface area contributed by atoms with Crippen molar-refractivity contribution in [1.29, 1.82) is 0 Å². The zero-order valence-electron chi connectivity index (χ0n) is 19.6. The molecule has 0 radical (unpaired) electrons. The fourth-order valence-electron chi connectivity index (χ4n) is 3.78. The van der Waals surface area contributed by atoms with Crippen molar-refractivity contribution in [3.8, 4) is 16.9 Å². The van der Waals surface area contributed by atoms with Crippen LogP contribution in [0.4, 0.5) is 19.0 Å². The summed E-state index contributed by atoms with van der Waals surface area (Å²) < 4.78 is 43.3. The maximum Gasteiger partial charge on any atom is 0.433 e. The maximum absolute atomic E-state index is 13.7. The number of halogens is 3. The summed E-state index contributed by atoms with van der Waals surface area (Å²) in [5, 5.41) is 6.70. The molecule has 0 aliphatic heterocycles. The van der Waals surface area contributed by atoms with Crippen LogP contribution in [-0.2, 0) is 12.7 Å². The number of alkyl halides is 3. The number of rotatable bonds is 6. The average molecular weight is 516 g/mol. The highest BCUT2D eigenvalue weighted by molar-refractivity contribution is 6.03. The van der Waals surface area contributed by atoms with Gasteiger partial charge in [0.2, 0.25) is 0 Å². The molecular weight excluding hydrogens is 497 g/mol. The van der Waals surface area contributed by atoms with Crippen molar-refractivity contribution in [2.24, 2.45) is 0 Å². The second kappa shape index (κ2) is 10.1. The Morgan fingerprint density at radius 2 is 1.76 bits per heavy atom. The van der Waals surface area contributed by atoms with Gasteiger partial charge in [0.1, 0.15) is 11.5 Å². The van der Waals surface area contributed by atoms with Gasteiger partial charge >= 0.3 is 6.18 Å². The number of carbonyl (C=O) groups is 1. The monoisotopic (exact) mass is 516 g/mol. The molecule has 0 atom stereocenters. The highest BCUT2D eigenvalue weighted by Crippen LogP contribution is 2.34. The van der Waals surface area contributed by atoms with Gasteiger partial charge in [-0.3, -0.25) is 14.6 Å². The molecule has 38 heavy (non-hydrogen) atoms. The summed E-state index contributed by atoms with van der Waals surface area (Å²) in [6, 6.07) is 18.9. The van der Waals surface area contributed by atoms with Crippen LogP contribution in [0.3, 0.4) is 0 Å². The third-order valence-corrected chi connectivity index (χ3v) is 5.63. The van der Waals surface area contributed by atoms with E-state index in [2.05, 4.69) is 20.4 Å². The van der Waals surface area contributed by atoms with Gasteiger partial charge in [0, 0.05) is 30.2 Å². The number of anilines is 1. The van der Waals surface area contributed by atoms with Crippen LogP contribution in [0.2, 0.25) is 0 Å². The number of nitrogens with one attached hydrogen (secondary N) is 1. The SMILES string of the molecule is O=C(Nc1ccc(-n2nc(-c3cccnc3)cc2C(F)(F)F)cn1)c1ccc(=O)n(Cc2ccccc2)c1. The first-order valence-corrected chi connectivity index (χ1v) is 11.4. The first-order valence-electron chi connectivity index (χ1n) is 11.4. The standard InChI is InChI=1S/C27H19F3N6O2/c28-27(29,30)23-13-22(19-7-4-12-31-14-19)34-36(23)21-9-10-24(32-15-21)33-26(38)20-8-11-25(37)35(17-20)16-18-5-2-1-3-6-18/h1-15,17H,16H2,(H,32,33,38). The largest absolute Gasteiger partial charge is 0.433 e. The van der Waals surface area contributed by atoms with Gasteiger partial charge in [-0.15, -0.1) is 0 Å². The highest BCUT2D eigenvalue weighted by atomic mass is 19.4. The lowest BCUT2D eigenvalue weighted by Gasteiger charge is -2.11. The Balaban J connectivity index is 1.37. The van der Waals surface area contributed by atoms with E-state index in [1.54, 1.807) is 12.1 Å². The van der Waals surface area contributed by atoms with E-state index in [4.69, 9.17) is 0 Å². The number of hydrogen-bond acceptors (Lipinski definition) is 5. The molecule has 0 aliphatic rings. The average Bonchev–Trinajstić information content (AvgIpc) is 3.38. The Morgan fingerprint density at radius 3 is 2.45 bits per heavy atom. The summed E-state index contributed by atoms with van der Waals surface area (Å²) >= 11 is 0. The fraction of sp³-hybridized carbons (Fsp3) is 0.0741. The number of benzene rings is 1. The molecule has 1 amide bonds. The van der Waals surface area contributed by atoms with E-state index in [1.807, 2.05) is 30.3 Å². The number of pyridine rings is 3. The van der Waals surface area contributed by atoms with Crippen LogP contribution >= 0.6 is 0 Å². The molecule has 1 N–H and O–H groups in total. The van der Waals surface area contributed by atoms with E-state index in [0.29, 0.717) is 12.1 Å². The Labute approximate surface area is 214 Å². The minimum atomic E-state index is -4.66. The van der Waals surface area contributed by atoms with E-state index in [1.165, 1.54) is 53.6 Å². The third kappa shape index (κ3) is 5.36. The minimum absolute atomic E-state index is 0.0573. The van der Waals surface area contributed by atoms with E-state index in [9.17, 15) is 22.8 Å². The van der Waals surface area contributed by atoms with E-state index in [-0.39, 0.29) is 28.3 Å². The van der Waals surface area contributed by atoms with E-state index < -0.39 is 17.8 Å². The lowest BCUT2D eigenvalue weighted by Crippen LogP contribution is -2.22. The Morgan fingerprint density at radius 1 is 0.947 bits per heavy atom. The van der Waals surface area contributed by atoms with Gasteiger partial charge in [-0.2, -0.15) is 18.3 Å². The van der Waals surface area contributed by atoms with E-state index >= 15 is 0 Å². The molecule has 8 nitrogen and oxygen atoms in total. The second-order valence-electron chi connectivity index (χ2n) is 8.29. The van der Waals surface area contributed by atoms with Gasteiger partial charge in [-0.1, -0.05) is 30.3 Å². The summed E-state index contributed by atoms with van der Waals surface area (Å²) in [6.07, 6.45) is 0.898. The number of carbonyl (C=O) groups excluding carboxylic acids is 1. The molecule has 0 fully saturated rings. The van der Waals surface area contributed by atoms with Crippen LogP contribution in [0.5, 0.6) is 0 Å². The lowest BCUT2D eigenvalue weighted by atomic mass is 10.2. The summed E-state index contributed by atoms with van der Waals surface area (Å²) in [4.78, 5) is 33.1. The zero-order chi connectivity index (χ0) is 26.7. The third-order valence-electron chi connectivity index (χ3n) is 5.63. The molecule has 0 aliphatic carbocycles. The Kier molecular flexibility index (Phi) is 6.56. The van der Waals surface area contributed by atoms with Crippen molar-refractivity contribution in [3.63, 3.8) is 0 Å². The summed E-state index contributed by atoms with van der Waals surface area (Å²) in [5.74, 6) is -0.409. The molecule has 0 saturated heterocycles. The van der Waals surface area contributed by atoms with Gasteiger partial charge in [-0.05, 0) is 42.0 Å². The van der Waals surface area contributed by atoms with Gasteiger partial charge in [0.05, 0.1) is 29.7 Å². The van der Waals surface area contributed by atoms with Crippen LogP contribution < -0.4 is 10.9 Å². The number of amides is 1. The molecule has 5 aromatic rings. The molecule has 5 rings (SSSR count). The van der Waals surface area contributed by atoms with Gasteiger partial charge < -0.3 is 9.88 Å². The lowest BCUT2D eigenvalue weighted by molar-refractivity contribution is -0.142. The molecule has 4 aromatic heterocycles.